The van der Waals surface area contributed by atoms with Crippen LogP contribution >= 0.6 is 24.0 Å². The number of hydrogen-bond acceptors (Lipinski definition) is 6. The van der Waals surface area contributed by atoms with E-state index < -0.39 is 5.97 Å². The predicted molar refractivity (Wildman–Crippen MR) is 114 cm³/mol. The summed E-state index contributed by atoms with van der Waals surface area (Å²) in [5.74, 6) is -0.216. The van der Waals surface area contributed by atoms with E-state index in [1.165, 1.54) is 24.0 Å². The van der Waals surface area contributed by atoms with Crippen LogP contribution in [0.5, 0.6) is 0 Å². The van der Waals surface area contributed by atoms with Crippen LogP contribution in [0.25, 0.3) is 17.4 Å². The first kappa shape index (κ1) is 19.1. The highest BCUT2D eigenvalue weighted by atomic mass is 32.2. The zero-order valence-corrected chi connectivity index (χ0v) is 16.6. The van der Waals surface area contributed by atoms with Crippen molar-refractivity contribution in [1.82, 2.24) is 9.88 Å². The zero-order valence-electron chi connectivity index (χ0n) is 14.9. The van der Waals surface area contributed by atoms with E-state index in [4.69, 9.17) is 21.7 Å². The van der Waals surface area contributed by atoms with Crippen molar-refractivity contribution < 1.29 is 19.1 Å². The van der Waals surface area contributed by atoms with Crippen LogP contribution in [-0.4, -0.2) is 31.2 Å². The van der Waals surface area contributed by atoms with Crippen LogP contribution < -0.4 is 0 Å². The first-order valence-electron chi connectivity index (χ1n) is 8.60. The Balaban J connectivity index is 1.52. The van der Waals surface area contributed by atoms with E-state index in [-0.39, 0.29) is 11.6 Å². The molecule has 0 saturated carbocycles. The summed E-state index contributed by atoms with van der Waals surface area (Å²) in [7, 11) is 0. The van der Waals surface area contributed by atoms with Crippen LogP contribution in [0, 0.1) is 0 Å². The lowest BCUT2D eigenvalue weighted by Crippen LogP contribution is -2.27. The van der Waals surface area contributed by atoms with Crippen LogP contribution in [-0.2, 0) is 11.3 Å². The molecule has 1 aromatic carbocycles. The third-order valence-electron chi connectivity index (χ3n) is 4.22. The van der Waals surface area contributed by atoms with Gasteiger partial charge in [-0.05, 0) is 29.8 Å². The van der Waals surface area contributed by atoms with Crippen molar-refractivity contribution in [3.8, 4) is 11.3 Å². The molecule has 1 amide bonds. The Bertz CT molecular complexity index is 1120. The average molecular weight is 422 g/mol. The van der Waals surface area contributed by atoms with E-state index in [1.807, 2.05) is 30.3 Å². The third-order valence-corrected chi connectivity index (χ3v) is 5.60. The molecule has 1 fully saturated rings. The van der Waals surface area contributed by atoms with Gasteiger partial charge in [-0.1, -0.05) is 54.3 Å². The fourth-order valence-corrected chi connectivity index (χ4v) is 4.02. The molecule has 0 bridgehead atoms. The smallest absolute Gasteiger partial charge is 0.354 e. The van der Waals surface area contributed by atoms with Crippen LogP contribution in [0.15, 0.2) is 70.1 Å². The number of benzene rings is 1. The lowest BCUT2D eigenvalue weighted by Gasteiger charge is -2.14. The van der Waals surface area contributed by atoms with Crippen LogP contribution in [0.2, 0.25) is 0 Å². The first-order valence-corrected chi connectivity index (χ1v) is 9.82. The number of carbonyl (C=O) groups is 2. The van der Waals surface area contributed by atoms with Gasteiger partial charge in [-0.2, -0.15) is 0 Å². The van der Waals surface area contributed by atoms with Gasteiger partial charge in [-0.3, -0.25) is 9.69 Å². The highest BCUT2D eigenvalue weighted by molar-refractivity contribution is 8.26. The van der Waals surface area contributed by atoms with Gasteiger partial charge < -0.3 is 9.52 Å². The van der Waals surface area contributed by atoms with Crippen molar-refractivity contribution in [1.29, 1.82) is 0 Å². The molecular formula is C21H14N2O4S2. The molecule has 0 aliphatic carbocycles. The first-order chi connectivity index (χ1) is 14.0. The Kier molecular flexibility index (Phi) is 5.28. The molecule has 2 aromatic heterocycles. The molecule has 29 heavy (non-hydrogen) atoms. The number of aromatic nitrogens is 1. The van der Waals surface area contributed by atoms with Gasteiger partial charge >= 0.3 is 5.97 Å². The van der Waals surface area contributed by atoms with Crippen molar-refractivity contribution in [3.63, 3.8) is 0 Å². The van der Waals surface area contributed by atoms with Crippen LogP contribution in [0.4, 0.5) is 0 Å². The standard InChI is InChI=1S/C21H14N2O4S2/c24-19-18(29-21(28)23(19)12-13-4-2-1-3-5-13)10-15-7-9-17(27-15)14-6-8-16(20(25)26)22-11-14/h1-11H,12H2,(H,25,26). The number of thiocarbonyl (C=S) groups is 1. The minimum Gasteiger partial charge on any atom is -0.477 e. The highest BCUT2D eigenvalue weighted by Crippen LogP contribution is 2.34. The fraction of sp³-hybridized carbons (Fsp3) is 0.0476. The molecule has 0 atom stereocenters. The molecule has 1 saturated heterocycles. The number of carboxylic acid groups (broad SMARTS) is 1. The van der Waals surface area contributed by atoms with Gasteiger partial charge in [0, 0.05) is 17.8 Å². The zero-order chi connectivity index (χ0) is 20.4. The summed E-state index contributed by atoms with van der Waals surface area (Å²) in [6.45, 7) is 0.424. The number of hydrogen-bond donors (Lipinski definition) is 1. The number of furan rings is 1. The normalized spacial score (nSPS) is 15.3. The number of carbonyl (C=O) groups excluding carboxylic acids is 1. The number of rotatable bonds is 5. The Labute approximate surface area is 175 Å². The van der Waals surface area contributed by atoms with Gasteiger partial charge in [0.15, 0.2) is 0 Å². The maximum absolute atomic E-state index is 12.7. The van der Waals surface area contributed by atoms with Crippen molar-refractivity contribution in [2.24, 2.45) is 0 Å². The van der Waals surface area contributed by atoms with Gasteiger partial charge in [0.1, 0.15) is 21.5 Å². The minimum atomic E-state index is -1.09. The largest absolute Gasteiger partial charge is 0.477 e. The van der Waals surface area contributed by atoms with E-state index >= 15 is 0 Å². The van der Waals surface area contributed by atoms with Crippen molar-refractivity contribution >= 4 is 46.3 Å². The second-order valence-electron chi connectivity index (χ2n) is 6.19. The van der Waals surface area contributed by atoms with E-state index in [2.05, 4.69) is 4.98 Å². The molecule has 1 N–H and O–H groups in total. The van der Waals surface area contributed by atoms with Crippen molar-refractivity contribution in [2.75, 3.05) is 0 Å². The quantitative estimate of drug-likeness (QED) is 0.481. The van der Waals surface area contributed by atoms with Gasteiger partial charge in [0.25, 0.3) is 5.91 Å². The molecule has 8 heteroatoms. The second kappa shape index (κ2) is 8.02. The van der Waals surface area contributed by atoms with Crippen LogP contribution in [0.3, 0.4) is 0 Å². The lowest BCUT2D eigenvalue weighted by atomic mass is 10.2. The Morgan fingerprint density at radius 3 is 2.66 bits per heavy atom. The molecule has 3 heterocycles. The van der Waals surface area contributed by atoms with Gasteiger partial charge in [0.2, 0.25) is 0 Å². The number of aromatic carboxylic acids is 1. The number of pyridine rings is 1. The van der Waals surface area contributed by atoms with E-state index in [0.717, 1.165) is 5.56 Å². The van der Waals surface area contributed by atoms with E-state index in [0.29, 0.717) is 32.9 Å². The molecule has 0 spiro atoms. The Morgan fingerprint density at radius 2 is 1.97 bits per heavy atom. The summed E-state index contributed by atoms with van der Waals surface area (Å²) >= 11 is 6.60. The molecule has 6 nitrogen and oxygen atoms in total. The molecule has 0 radical (unpaired) electrons. The fourth-order valence-electron chi connectivity index (χ4n) is 2.78. The SMILES string of the molecule is O=C(O)c1ccc(-c2ccc(C=C3SC(=S)N(Cc4ccccc4)C3=O)o2)cn1. The second-order valence-corrected chi connectivity index (χ2v) is 7.87. The summed E-state index contributed by atoms with van der Waals surface area (Å²) in [6, 6.07) is 16.2. The topological polar surface area (TPSA) is 83.6 Å². The molecule has 1 aliphatic rings. The van der Waals surface area contributed by atoms with Crippen molar-refractivity contribution in [2.45, 2.75) is 6.54 Å². The number of carboxylic acids is 1. The number of amides is 1. The molecule has 4 rings (SSSR count). The van der Waals surface area contributed by atoms with E-state index in [9.17, 15) is 9.59 Å². The minimum absolute atomic E-state index is 0.0392. The van der Waals surface area contributed by atoms with Crippen molar-refractivity contribution in [3.05, 3.63) is 82.7 Å². The summed E-state index contributed by atoms with van der Waals surface area (Å²) in [4.78, 5) is 29.6. The molecular weight excluding hydrogens is 408 g/mol. The summed E-state index contributed by atoms with van der Waals surface area (Å²) in [5, 5.41) is 8.93. The van der Waals surface area contributed by atoms with E-state index in [1.54, 1.807) is 29.2 Å². The maximum atomic E-state index is 12.7. The van der Waals surface area contributed by atoms with Gasteiger partial charge in [-0.25, -0.2) is 9.78 Å². The van der Waals surface area contributed by atoms with Gasteiger partial charge in [0.05, 0.1) is 11.4 Å². The Hall–Kier alpha value is -3.23. The highest BCUT2D eigenvalue weighted by Gasteiger charge is 2.32. The molecule has 144 valence electrons. The summed E-state index contributed by atoms with van der Waals surface area (Å²) < 4.78 is 6.28. The molecule has 3 aromatic rings. The third kappa shape index (κ3) is 4.13. The number of nitrogens with zero attached hydrogens (tertiary/aromatic N) is 2. The maximum Gasteiger partial charge on any atom is 0.354 e. The van der Waals surface area contributed by atoms with Gasteiger partial charge in [-0.15, -0.1) is 0 Å². The monoisotopic (exact) mass is 422 g/mol. The summed E-state index contributed by atoms with van der Waals surface area (Å²) in [5.41, 5.74) is 1.61. The van der Waals surface area contributed by atoms with Crippen LogP contribution in [0.1, 0.15) is 21.8 Å². The molecule has 1 aliphatic heterocycles. The summed E-state index contributed by atoms with van der Waals surface area (Å²) in [6.07, 6.45) is 3.10. The Morgan fingerprint density at radius 1 is 1.17 bits per heavy atom. The molecule has 0 unspecified atom stereocenters. The predicted octanol–water partition coefficient (Wildman–Crippen LogP) is 4.44. The lowest BCUT2D eigenvalue weighted by molar-refractivity contribution is -0.122. The number of thioether (sulfide) groups is 1. The average Bonchev–Trinajstić information content (AvgIpc) is 3.29.